The molecule has 0 heterocycles. The molecule has 0 radical (unpaired) electrons. The van der Waals surface area contributed by atoms with Gasteiger partial charge in [-0.15, -0.1) is 0 Å². The molecule has 3 rings (SSSR count). The Hall–Kier alpha value is -2.74. The number of benzene rings is 2. The first-order chi connectivity index (χ1) is 17.9. The molecule has 0 bridgehead atoms. The first-order valence-electron chi connectivity index (χ1n) is 14.5. The molecule has 0 amide bonds. The molecule has 0 spiro atoms. The number of allylic oxidation sites excluding steroid dienone is 4. The Morgan fingerprint density at radius 2 is 1.54 bits per heavy atom. The Kier molecular flexibility index (Phi) is 11.6. The van der Waals surface area contributed by atoms with Crippen molar-refractivity contribution in [2.75, 3.05) is 0 Å². The van der Waals surface area contributed by atoms with Gasteiger partial charge in [-0.3, -0.25) is 9.59 Å². The van der Waals surface area contributed by atoms with Crippen LogP contribution < -0.4 is 0 Å². The van der Waals surface area contributed by atoms with Gasteiger partial charge in [0.2, 0.25) is 0 Å². The van der Waals surface area contributed by atoms with Gasteiger partial charge < -0.3 is 0 Å². The second-order valence-electron chi connectivity index (χ2n) is 11.0. The second-order valence-corrected chi connectivity index (χ2v) is 11.0. The second kappa shape index (κ2) is 14.9. The van der Waals surface area contributed by atoms with E-state index in [1.807, 2.05) is 32.1 Å². The molecule has 1 aliphatic carbocycles. The standard InChI is InChI=1S/C35H46O2/c1-5-8-10-26(4)35(37)24-28-11-9-12-31(20-15-28)30(7-3)25-34(36)23-29-16-21-33(22-17-29)32-18-13-27(6-2)14-19-32/h5,8,10,13-14,16-19,21-22,28,30-31H,6-7,9,11-12,15,20,23-25H2,1-4H3. The molecule has 37 heavy (non-hydrogen) atoms. The highest BCUT2D eigenvalue weighted by atomic mass is 16.1. The van der Waals surface area contributed by atoms with Gasteiger partial charge in [0.25, 0.3) is 0 Å². The number of ketones is 2. The van der Waals surface area contributed by atoms with Gasteiger partial charge in [-0.05, 0) is 78.7 Å². The highest BCUT2D eigenvalue weighted by Crippen LogP contribution is 2.36. The van der Waals surface area contributed by atoms with Crippen LogP contribution in [0.4, 0.5) is 0 Å². The zero-order valence-electron chi connectivity index (χ0n) is 23.5. The molecule has 1 saturated carbocycles. The Bertz CT molecular complexity index is 1060. The van der Waals surface area contributed by atoms with Crippen molar-refractivity contribution in [2.24, 2.45) is 17.8 Å². The Morgan fingerprint density at radius 3 is 2.14 bits per heavy atom. The zero-order chi connectivity index (χ0) is 26.6. The molecule has 0 aliphatic heterocycles. The average molecular weight is 499 g/mol. The van der Waals surface area contributed by atoms with Crippen molar-refractivity contribution in [3.8, 4) is 11.1 Å². The summed E-state index contributed by atoms with van der Waals surface area (Å²) in [4.78, 5) is 25.7. The van der Waals surface area contributed by atoms with Gasteiger partial charge in [-0.25, -0.2) is 0 Å². The molecule has 0 aromatic heterocycles. The summed E-state index contributed by atoms with van der Waals surface area (Å²) in [5.74, 6) is 2.17. The maximum absolute atomic E-state index is 13.1. The van der Waals surface area contributed by atoms with Gasteiger partial charge in [0.1, 0.15) is 5.78 Å². The largest absolute Gasteiger partial charge is 0.299 e. The lowest BCUT2D eigenvalue weighted by Gasteiger charge is -2.25. The number of hydrogen-bond donors (Lipinski definition) is 0. The van der Waals surface area contributed by atoms with Gasteiger partial charge in [-0.2, -0.15) is 0 Å². The van der Waals surface area contributed by atoms with Gasteiger partial charge in [-0.1, -0.05) is 106 Å². The van der Waals surface area contributed by atoms with Crippen LogP contribution in [0.1, 0.15) is 90.2 Å². The van der Waals surface area contributed by atoms with Crippen molar-refractivity contribution >= 4 is 11.6 Å². The van der Waals surface area contributed by atoms with E-state index in [9.17, 15) is 9.59 Å². The molecular formula is C35H46O2. The lowest BCUT2D eigenvalue weighted by Crippen LogP contribution is -2.19. The summed E-state index contributed by atoms with van der Waals surface area (Å²) < 4.78 is 0. The van der Waals surface area contributed by atoms with Gasteiger partial charge >= 0.3 is 0 Å². The Labute approximate surface area is 225 Å². The summed E-state index contributed by atoms with van der Waals surface area (Å²) in [5.41, 5.74) is 5.73. The van der Waals surface area contributed by atoms with Crippen molar-refractivity contribution in [2.45, 2.75) is 91.9 Å². The molecule has 2 aromatic rings. The first-order valence-corrected chi connectivity index (χ1v) is 14.5. The van der Waals surface area contributed by atoms with E-state index in [0.717, 1.165) is 43.2 Å². The van der Waals surface area contributed by atoms with Crippen LogP contribution >= 0.6 is 0 Å². The molecule has 1 fully saturated rings. The van der Waals surface area contributed by atoms with Crippen LogP contribution in [0.2, 0.25) is 0 Å². The monoisotopic (exact) mass is 498 g/mol. The topological polar surface area (TPSA) is 34.1 Å². The van der Waals surface area contributed by atoms with E-state index >= 15 is 0 Å². The first kappa shape index (κ1) is 28.8. The van der Waals surface area contributed by atoms with Crippen molar-refractivity contribution < 1.29 is 9.59 Å². The van der Waals surface area contributed by atoms with Crippen molar-refractivity contribution in [1.82, 2.24) is 0 Å². The van der Waals surface area contributed by atoms with E-state index in [2.05, 4.69) is 62.4 Å². The quantitative estimate of drug-likeness (QED) is 0.166. The summed E-state index contributed by atoms with van der Waals surface area (Å²) in [5, 5.41) is 0. The molecule has 198 valence electrons. The zero-order valence-corrected chi connectivity index (χ0v) is 23.5. The van der Waals surface area contributed by atoms with Gasteiger partial charge in [0.05, 0.1) is 0 Å². The van der Waals surface area contributed by atoms with Crippen molar-refractivity contribution in [3.63, 3.8) is 0 Å². The van der Waals surface area contributed by atoms with Crippen molar-refractivity contribution in [3.05, 3.63) is 83.5 Å². The third-order valence-corrected chi connectivity index (χ3v) is 8.32. The number of carbonyl (C=O) groups excluding carboxylic acids is 2. The molecule has 3 atom stereocenters. The molecular weight excluding hydrogens is 452 g/mol. The lowest BCUT2D eigenvalue weighted by atomic mass is 9.80. The summed E-state index contributed by atoms with van der Waals surface area (Å²) in [7, 11) is 0. The average Bonchev–Trinajstić information content (AvgIpc) is 3.16. The lowest BCUT2D eigenvalue weighted by molar-refractivity contribution is -0.120. The fourth-order valence-electron chi connectivity index (χ4n) is 5.82. The number of hydrogen-bond acceptors (Lipinski definition) is 2. The van der Waals surface area contributed by atoms with E-state index in [-0.39, 0.29) is 5.78 Å². The van der Waals surface area contributed by atoms with Crippen molar-refractivity contribution in [1.29, 1.82) is 0 Å². The number of carbonyl (C=O) groups is 2. The number of aryl methyl sites for hydroxylation is 1. The normalized spacial score (nSPS) is 19.5. The number of Topliss-reactive ketones (excluding diaryl/α,β-unsaturated/α-hetero) is 2. The molecule has 2 nitrogen and oxygen atoms in total. The smallest absolute Gasteiger partial charge is 0.158 e. The molecule has 2 heteroatoms. The SMILES string of the molecule is CC=CC=C(C)C(=O)CC1CCCC(C(CC)CC(=O)Cc2ccc(-c3ccc(CC)cc3)cc2)CC1. The predicted molar refractivity (Wildman–Crippen MR) is 157 cm³/mol. The molecule has 0 saturated heterocycles. The van der Waals surface area contributed by atoms with Crippen LogP contribution in [0.5, 0.6) is 0 Å². The molecule has 3 unspecified atom stereocenters. The van der Waals surface area contributed by atoms with Crippen LogP contribution in [0.25, 0.3) is 11.1 Å². The molecule has 0 N–H and O–H groups in total. The summed E-state index contributed by atoms with van der Waals surface area (Å²) in [6.07, 6.45) is 15.6. The Balaban J connectivity index is 1.51. The van der Waals surface area contributed by atoms with Crippen LogP contribution in [-0.2, 0) is 22.4 Å². The minimum Gasteiger partial charge on any atom is -0.299 e. The maximum atomic E-state index is 13.1. The summed E-state index contributed by atoms with van der Waals surface area (Å²) in [6.45, 7) is 8.30. The highest BCUT2D eigenvalue weighted by molar-refractivity contribution is 5.95. The van der Waals surface area contributed by atoms with Gasteiger partial charge in [0.15, 0.2) is 5.78 Å². The maximum Gasteiger partial charge on any atom is 0.158 e. The van der Waals surface area contributed by atoms with E-state index in [1.165, 1.54) is 29.5 Å². The van der Waals surface area contributed by atoms with E-state index in [0.29, 0.717) is 42.8 Å². The fraction of sp³-hybridized carbons (Fsp3) is 0.486. The fourth-order valence-corrected chi connectivity index (χ4v) is 5.82. The van der Waals surface area contributed by atoms with E-state index in [1.54, 1.807) is 0 Å². The van der Waals surface area contributed by atoms with E-state index in [4.69, 9.17) is 0 Å². The van der Waals surface area contributed by atoms with E-state index < -0.39 is 0 Å². The summed E-state index contributed by atoms with van der Waals surface area (Å²) in [6, 6.07) is 17.2. The molecule has 2 aromatic carbocycles. The third-order valence-electron chi connectivity index (χ3n) is 8.32. The predicted octanol–water partition coefficient (Wildman–Crippen LogP) is 9.12. The number of rotatable bonds is 12. The van der Waals surface area contributed by atoms with Crippen LogP contribution in [0.3, 0.4) is 0 Å². The van der Waals surface area contributed by atoms with Crippen LogP contribution in [0, 0.1) is 17.8 Å². The Morgan fingerprint density at radius 1 is 0.892 bits per heavy atom. The highest BCUT2D eigenvalue weighted by Gasteiger charge is 2.27. The molecule has 1 aliphatic rings. The minimum atomic E-state index is 0.285. The van der Waals surface area contributed by atoms with Crippen LogP contribution in [0.15, 0.2) is 72.3 Å². The van der Waals surface area contributed by atoms with Gasteiger partial charge in [0, 0.05) is 19.3 Å². The van der Waals surface area contributed by atoms with Crippen LogP contribution in [-0.4, -0.2) is 11.6 Å². The third kappa shape index (κ3) is 8.95. The summed E-state index contributed by atoms with van der Waals surface area (Å²) >= 11 is 0. The minimum absolute atomic E-state index is 0.285.